The van der Waals surface area contributed by atoms with Crippen LogP contribution >= 0.6 is 0 Å². The van der Waals surface area contributed by atoms with E-state index in [0.717, 1.165) is 50.1 Å². The first kappa shape index (κ1) is 29.9. The van der Waals surface area contributed by atoms with E-state index in [9.17, 15) is 0 Å². The highest BCUT2D eigenvalue weighted by molar-refractivity contribution is 6.25. The number of fused-ring (bicyclic) bond motifs is 7. The van der Waals surface area contributed by atoms with Crippen LogP contribution in [0.15, 0.2) is 188 Å². The van der Waals surface area contributed by atoms with Crippen molar-refractivity contribution in [3.05, 3.63) is 188 Å². The molecule has 2 heterocycles. The van der Waals surface area contributed by atoms with Crippen molar-refractivity contribution in [2.24, 2.45) is 0 Å². The van der Waals surface area contributed by atoms with Gasteiger partial charge in [0.05, 0.1) is 11.2 Å². The number of hydrogen-bond acceptors (Lipinski definition) is 3. The van der Waals surface area contributed by atoms with Gasteiger partial charge in [0, 0.05) is 17.1 Å². The maximum Gasteiger partial charge on any atom is 0.160 e. The van der Waals surface area contributed by atoms with E-state index in [2.05, 4.69) is 152 Å². The number of rotatable bonds is 5. The molecule has 242 valence electrons. The average molecular weight is 662 g/mol. The highest BCUT2D eigenvalue weighted by atomic mass is 14.9. The minimum absolute atomic E-state index is 0.673. The number of hydrogen-bond donors (Lipinski definition) is 0. The molecule has 3 heteroatoms. The summed E-state index contributed by atoms with van der Waals surface area (Å²) in [5.74, 6) is 0.673. The van der Waals surface area contributed by atoms with Crippen molar-refractivity contribution in [1.82, 2.24) is 15.0 Å². The fraction of sp³-hybridized carbons (Fsp3) is 0. The molecule has 10 rings (SSSR count). The van der Waals surface area contributed by atoms with Gasteiger partial charge in [-0.15, -0.1) is 0 Å². The van der Waals surface area contributed by atoms with E-state index < -0.39 is 0 Å². The Hall–Kier alpha value is -6.97. The van der Waals surface area contributed by atoms with Crippen LogP contribution < -0.4 is 0 Å². The number of aromatic nitrogens is 3. The van der Waals surface area contributed by atoms with E-state index in [1.54, 1.807) is 0 Å². The van der Waals surface area contributed by atoms with Gasteiger partial charge in [-0.1, -0.05) is 146 Å². The van der Waals surface area contributed by atoms with Crippen molar-refractivity contribution >= 4 is 43.2 Å². The first-order valence-corrected chi connectivity index (χ1v) is 17.6. The van der Waals surface area contributed by atoms with Crippen LogP contribution in [0.3, 0.4) is 0 Å². The molecule has 0 saturated carbocycles. The van der Waals surface area contributed by atoms with Gasteiger partial charge in [-0.3, -0.25) is 4.98 Å². The van der Waals surface area contributed by atoms with Gasteiger partial charge >= 0.3 is 0 Å². The second kappa shape index (κ2) is 12.4. The van der Waals surface area contributed by atoms with Crippen LogP contribution in [0, 0.1) is 0 Å². The fourth-order valence-corrected chi connectivity index (χ4v) is 7.57. The summed E-state index contributed by atoms with van der Waals surface area (Å²) >= 11 is 0. The molecule has 0 aliphatic rings. The van der Waals surface area contributed by atoms with E-state index in [1.807, 2.05) is 36.5 Å². The normalized spacial score (nSPS) is 11.5. The average Bonchev–Trinajstić information content (AvgIpc) is 3.23. The molecule has 0 bridgehead atoms. The summed E-state index contributed by atoms with van der Waals surface area (Å²) in [5, 5.41) is 8.66. The molecule has 0 radical (unpaired) electrons. The van der Waals surface area contributed by atoms with Crippen molar-refractivity contribution in [3.63, 3.8) is 0 Å². The van der Waals surface area contributed by atoms with Gasteiger partial charge in [0.25, 0.3) is 0 Å². The van der Waals surface area contributed by atoms with Crippen LogP contribution in [0.1, 0.15) is 0 Å². The summed E-state index contributed by atoms with van der Waals surface area (Å²) < 4.78 is 0. The Morgan fingerprint density at radius 3 is 1.48 bits per heavy atom. The molecule has 3 nitrogen and oxygen atoms in total. The second-order valence-corrected chi connectivity index (χ2v) is 13.2. The van der Waals surface area contributed by atoms with Crippen molar-refractivity contribution in [2.75, 3.05) is 0 Å². The molecule has 2 aromatic heterocycles. The van der Waals surface area contributed by atoms with Gasteiger partial charge in [-0.2, -0.15) is 0 Å². The lowest BCUT2D eigenvalue weighted by Gasteiger charge is -2.13. The zero-order valence-electron chi connectivity index (χ0n) is 28.2. The molecular weight excluding hydrogens is 631 g/mol. The van der Waals surface area contributed by atoms with E-state index in [4.69, 9.17) is 15.0 Å². The molecule has 0 amide bonds. The minimum atomic E-state index is 0.673. The third-order valence-electron chi connectivity index (χ3n) is 10.1. The van der Waals surface area contributed by atoms with Crippen LogP contribution in [0.4, 0.5) is 0 Å². The Kier molecular flexibility index (Phi) is 7.14. The molecular formula is C49H31N3. The summed E-state index contributed by atoms with van der Waals surface area (Å²) in [6.45, 7) is 0. The Labute approximate surface area is 301 Å². The third kappa shape index (κ3) is 5.19. The molecule has 0 aliphatic heterocycles. The number of para-hydroxylation sites is 1. The van der Waals surface area contributed by atoms with Gasteiger partial charge < -0.3 is 0 Å². The smallest absolute Gasteiger partial charge is 0.160 e. The van der Waals surface area contributed by atoms with Crippen LogP contribution in [0.5, 0.6) is 0 Å². The number of pyridine rings is 1. The molecule has 52 heavy (non-hydrogen) atoms. The van der Waals surface area contributed by atoms with Gasteiger partial charge in [0.1, 0.15) is 5.69 Å². The maximum atomic E-state index is 5.18. The minimum Gasteiger partial charge on any atom is -0.255 e. The predicted molar refractivity (Wildman–Crippen MR) is 217 cm³/mol. The molecule has 0 N–H and O–H groups in total. The standard InChI is InChI=1S/C49H31N3/c1-2-12-32(13-3-1)37-26-27-50-47(31-37)48-44-22-8-9-23-46(44)51-49(52-48)38-17-11-16-35(29-38)33-14-10-15-34(28-33)36-24-25-43-41-20-5-4-18-39(41)40-19-6-7-21-42(40)45(43)30-36/h1-31H. The monoisotopic (exact) mass is 661 g/mol. The predicted octanol–water partition coefficient (Wildman–Crippen LogP) is 12.8. The Morgan fingerprint density at radius 1 is 0.288 bits per heavy atom. The van der Waals surface area contributed by atoms with Gasteiger partial charge in [-0.25, -0.2) is 9.97 Å². The van der Waals surface area contributed by atoms with Crippen LogP contribution in [-0.2, 0) is 0 Å². The summed E-state index contributed by atoms with van der Waals surface area (Å²) in [7, 11) is 0. The topological polar surface area (TPSA) is 38.7 Å². The van der Waals surface area contributed by atoms with E-state index >= 15 is 0 Å². The fourth-order valence-electron chi connectivity index (χ4n) is 7.57. The molecule has 0 atom stereocenters. The number of benzene rings is 8. The lowest BCUT2D eigenvalue weighted by Crippen LogP contribution is -1.97. The Morgan fingerprint density at radius 2 is 0.788 bits per heavy atom. The van der Waals surface area contributed by atoms with Crippen molar-refractivity contribution in [1.29, 1.82) is 0 Å². The molecule has 0 aliphatic carbocycles. The van der Waals surface area contributed by atoms with Crippen LogP contribution in [-0.4, -0.2) is 15.0 Å². The molecule has 0 unspecified atom stereocenters. The first-order valence-electron chi connectivity index (χ1n) is 17.6. The van der Waals surface area contributed by atoms with Gasteiger partial charge in [0.2, 0.25) is 0 Å². The molecule has 0 fully saturated rings. The highest BCUT2D eigenvalue weighted by Crippen LogP contribution is 2.38. The highest BCUT2D eigenvalue weighted by Gasteiger charge is 2.15. The van der Waals surface area contributed by atoms with Crippen molar-refractivity contribution in [3.8, 4) is 56.2 Å². The Balaban J connectivity index is 1.06. The Bertz CT molecular complexity index is 2930. The number of nitrogens with zero attached hydrogens (tertiary/aromatic N) is 3. The first-order chi connectivity index (χ1) is 25.8. The SMILES string of the molecule is c1ccc(-c2ccnc(-c3nc(-c4cccc(-c5cccc(-c6ccc7c8ccccc8c8ccccc8c7c6)c5)c4)nc4ccccc34)c2)cc1. The van der Waals surface area contributed by atoms with Gasteiger partial charge in [-0.05, 0) is 102 Å². The van der Waals surface area contributed by atoms with E-state index in [-0.39, 0.29) is 0 Å². The third-order valence-corrected chi connectivity index (χ3v) is 10.1. The van der Waals surface area contributed by atoms with Crippen molar-refractivity contribution < 1.29 is 0 Å². The summed E-state index contributed by atoms with van der Waals surface area (Å²) in [5.41, 5.74) is 10.4. The zero-order valence-corrected chi connectivity index (χ0v) is 28.2. The van der Waals surface area contributed by atoms with E-state index in [0.29, 0.717) is 5.82 Å². The molecule has 8 aromatic carbocycles. The van der Waals surface area contributed by atoms with E-state index in [1.165, 1.54) is 43.4 Å². The largest absolute Gasteiger partial charge is 0.255 e. The lowest BCUT2D eigenvalue weighted by atomic mass is 9.91. The molecule has 0 saturated heterocycles. The molecule has 10 aromatic rings. The quantitative estimate of drug-likeness (QED) is 0.172. The summed E-state index contributed by atoms with van der Waals surface area (Å²) in [4.78, 5) is 15.0. The van der Waals surface area contributed by atoms with Gasteiger partial charge in [0.15, 0.2) is 5.82 Å². The van der Waals surface area contributed by atoms with Crippen LogP contribution in [0.25, 0.3) is 99.4 Å². The summed E-state index contributed by atoms with van der Waals surface area (Å²) in [6.07, 6.45) is 1.86. The zero-order chi connectivity index (χ0) is 34.4. The molecule has 0 spiro atoms. The lowest BCUT2D eigenvalue weighted by molar-refractivity contribution is 1.20. The second-order valence-electron chi connectivity index (χ2n) is 13.2. The van der Waals surface area contributed by atoms with Crippen LogP contribution in [0.2, 0.25) is 0 Å². The maximum absolute atomic E-state index is 5.18. The van der Waals surface area contributed by atoms with Crippen molar-refractivity contribution in [2.45, 2.75) is 0 Å². The summed E-state index contributed by atoms with van der Waals surface area (Å²) in [6, 6.07) is 64.4.